The van der Waals surface area contributed by atoms with Gasteiger partial charge in [-0.1, -0.05) is 263 Å². The second-order valence-corrected chi connectivity index (χ2v) is 25.1. The minimum absolute atomic E-state index is 0.0414. The van der Waals surface area contributed by atoms with Gasteiger partial charge in [0.15, 0.2) is 0 Å². The number of hydrogen-bond acceptors (Lipinski definition) is 6. The molecule has 3 atom stereocenters. The molecule has 3 unspecified atom stereocenters. The number of esters is 1. The number of quaternary nitrogens is 1. The van der Waals surface area contributed by atoms with Crippen LogP contribution in [0.3, 0.4) is 0 Å². The molecule has 0 aliphatic heterocycles. The molecule has 0 bridgehead atoms. The first kappa shape index (κ1) is 74.2. The lowest BCUT2D eigenvalue weighted by molar-refractivity contribution is -0.870. The van der Waals surface area contributed by atoms with E-state index in [0.29, 0.717) is 23.9 Å². The van der Waals surface area contributed by atoms with E-state index >= 15 is 0 Å². The Balaban J connectivity index is 5.18. The summed E-state index contributed by atoms with van der Waals surface area (Å²) in [7, 11) is 1.51. The third kappa shape index (κ3) is 56.9. The highest BCUT2D eigenvalue weighted by Crippen LogP contribution is 2.43. The smallest absolute Gasteiger partial charge is 0.456 e. The van der Waals surface area contributed by atoms with E-state index in [-0.39, 0.29) is 25.1 Å². The van der Waals surface area contributed by atoms with E-state index in [1.165, 1.54) is 231 Å². The second kappa shape index (κ2) is 56.5. The Morgan fingerprint density at radius 3 is 1.12 bits per heavy atom. The molecule has 0 spiro atoms. The van der Waals surface area contributed by atoms with Gasteiger partial charge in [-0.2, -0.15) is 0 Å². The molecule has 0 aliphatic rings. The number of likely N-dealkylation sites (N-methyl/N-ethyl adjacent to an activating group) is 1. The molecule has 0 saturated heterocycles. The number of nitrogens with one attached hydrogen (secondary N) is 1. The SMILES string of the molecule is CCCCCCCC/C=C/CCCCCCCCCCCC(=O)NC(COP(=O)(O)OCC[N+](C)(C)C)C(/C=C/CCCCCCCCCCCC)OC(=O)CCCCCCCCCCC/C=C/CCCCCCCC. The number of rotatable bonds is 60. The highest BCUT2D eigenvalue weighted by atomic mass is 31.2. The van der Waals surface area contributed by atoms with Gasteiger partial charge in [0.05, 0.1) is 33.8 Å². The van der Waals surface area contributed by atoms with Crippen LogP contribution in [0.5, 0.6) is 0 Å². The number of amides is 1. The standard InChI is InChI=1S/C66H127N2O7P/c1-7-10-13-16-19-22-25-28-30-32-34-36-38-40-43-46-49-52-55-58-65(69)67-63(62-74-76(71,72)73-61-60-68(4,5)6)64(57-54-51-48-45-42-27-24-21-18-15-12-9-3)75-66(70)59-56-53-50-47-44-41-39-37-35-33-31-29-26-23-20-17-14-11-8-2/h28-31,54,57,63-64H,7-27,32-53,55-56,58-62H2,1-6H3,(H-,67,69,71,72)/p+1/b30-28+,31-29+,57-54+. The highest BCUT2D eigenvalue weighted by Gasteiger charge is 2.30. The van der Waals surface area contributed by atoms with Crippen molar-refractivity contribution in [2.24, 2.45) is 0 Å². The molecule has 0 aliphatic carbocycles. The van der Waals surface area contributed by atoms with Crippen molar-refractivity contribution in [2.45, 2.75) is 335 Å². The maximum absolute atomic E-state index is 13.6. The minimum atomic E-state index is -4.45. The van der Waals surface area contributed by atoms with Crippen LogP contribution in [0.1, 0.15) is 323 Å². The van der Waals surface area contributed by atoms with Gasteiger partial charge in [-0.15, -0.1) is 0 Å². The number of nitrogens with zero attached hydrogens (tertiary/aromatic N) is 1. The highest BCUT2D eigenvalue weighted by molar-refractivity contribution is 7.47. The molecular weight excluding hydrogens is 964 g/mol. The van der Waals surface area contributed by atoms with Gasteiger partial charge in [0, 0.05) is 12.8 Å². The fraction of sp³-hybridized carbons (Fsp3) is 0.879. The third-order valence-electron chi connectivity index (χ3n) is 14.8. The molecule has 0 aromatic rings. The van der Waals surface area contributed by atoms with E-state index in [2.05, 4.69) is 50.4 Å². The van der Waals surface area contributed by atoms with Crippen LogP contribution >= 0.6 is 7.82 Å². The summed E-state index contributed by atoms with van der Waals surface area (Å²) >= 11 is 0. The van der Waals surface area contributed by atoms with Gasteiger partial charge in [0.2, 0.25) is 5.91 Å². The first-order valence-electron chi connectivity index (χ1n) is 32.8. The zero-order chi connectivity index (χ0) is 55.7. The van der Waals surface area contributed by atoms with Gasteiger partial charge in [0.1, 0.15) is 19.3 Å². The van der Waals surface area contributed by atoms with Crippen LogP contribution in [0.2, 0.25) is 0 Å². The minimum Gasteiger partial charge on any atom is -0.456 e. The van der Waals surface area contributed by atoms with Crippen LogP contribution in [0.25, 0.3) is 0 Å². The topological polar surface area (TPSA) is 111 Å². The van der Waals surface area contributed by atoms with Crippen LogP contribution in [-0.4, -0.2) is 74.3 Å². The van der Waals surface area contributed by atoms with E-state index in [1.54, 1.807) is 0 Å². The van der Waals surface area contributed by atoms with Crippen molar-refractivity contribution in [3.63, 3.8) is 0 Å². The first-order chi connectivity index (χ1) is 36.9. The Bertz CT molecular complexity index is 1400. The first-order valence-corrected chi connectivity index (χ1v) is 34.3. The summed E-state index contributed by atoms with van der Waals surface area (Å²) in [5.74, 6) is -0.496. The Hall–Kier alpha value is -1.77. The van der Waals surface area contributed by atoms with Crippen LogP contribution in [0.15, 0.2) is 36.5 Å². The summed E-state index contributed by atoms with van der Waals surface area (Å²) in [5.41, 5.74) is 0. The van der Waals surface area contributed by atoms with Crippen molar-refractivity contribution in [2.75, 3.05) is 40.9 Å². The lowest BCUT2D eigenvalue weighted by atomic mass is 10.0. The van der Waals surface area contributed by atoms with Gasteiger partial charge >= 0.3 is 13.8 Å². The fourth-order valence-electron chi connectivity index (χ4n) is 9.70. The Morgan fingerprint density at radius 1 is 0.447 bits per heavy atom. The molecule has 9 nitrogen and oxygen atoms in total. The Labute approximate surface area is 472 Å². The van der Waals surface area contributed by atoms with Gasteiger partial charge < -0.3 is 19.4 Å². The summed E-state index contributed by atoms with van der Waals surface area (Å²) in [5, 5.41) is 3.07. The Kier molecular flexibility index (Phi) is 55.2. The number of ether oxygens (including phenoxy) is 1. The lowest BCUT2D eigenvalue weighted by Crippen LogP contribution is -2.47. The molecule has 0 aromatic heterocycles. The van der Waals surface area contributed by atoms with Crippen LogP contribution in [-0.2, 0) is 27.9 Å². The molecular formula is C66H128N2O7P+. The normalized spacial score (nSPS) is 13.8. The fourth-order valence-corrected chi connectivity index (χ4v) is 10.4. The van der Waals surface area contributed by atoms with E-state index in [0.717, 1.165) is 57.8 Å². The molecule has 0 radical (unpaired) electrons. The molecule has 0 saturated carbocycles. The molecule has 0 rings (SSSR count). The number of carbonyl (C=O) groups excluding carboxylic acids is 2. The quantitative estimate of drug-likeness (QED) is 0.0205. The average molecular weight is 1090 g/mol. The van der Waals surface area contributed by atoms with Gasteiger partial charge in [0.25, 0.3) is 0 Å². The van der Waals surface area contributed by atoms with Crippen molar-refractivity contribution in [3.8, 4) is 0 Å². The molecule has 10 heteroatoms. The maximum Gasteiger partial charge on any atom is 0.472 e. The zero-order valence-corrected chi connectivity index (χ0v) is 52.2. The van der Waals surface area contributed by atoms with Crippen LogP contribution in [0.4, 0.5) is 0 Å². The van der Waals surface area contributed by atoms with E-state index < -0.39 is 20.0 Å². The monoisotopic (exact) mass is 1090 g/mol. The van der Waals surface area contributed by atoms with Gasteiger partial charge in [-0.05, 0) is 83.1 Å². The van der Waals surface area contributed by atoms with Crippen LogP contribution < -0.4 is 5.32 Å². The van der Waals surface area contributed by atoms with Crippen molar-refractivity contribution in [1.82, 2.24) is 5.32 Å². The van der Waals surface area contributed by atoms with Crippen molar-refractivity contribution in [1.29, 1.82) is 0 Å². The number of allylic oxidation sites excluding steroid dienone is 5. The number of phosphoric acid groups is 1. The lowest BCUT2D eigenvalue weighted by Gasteiger charge is -2.27. The Morgan fingerprint density at radius 2 is 0.763 bits per heavy atom. The predicted octanol–water partition coefficient (Wildman–Crippen LogP) is 20.3. The van der Waals surface area contributed by atoms with Crippen molar-refractivity contribution in [3.05, 3.63) is 36.5 Å². The van der Waals surface area contributed by atoms with E-state index in [4.69, 9.17) is 13.8 Å². The largest absolute Gasteiger partial charge is 0.472 e. The van der Waals surface area contributed by atoms with E-state index in [9.17, 15) is 19.0 Å². The molecule has 0 heterocycles. The number of hydrogen-bond donors (Lipinski definition) is 2. The second-order valence-electron chi connectivity index (χ2n) is 23.6. The summed E-state index contributed by atoms with van der Waals surface area (Å²) < 4.78 is 30.8. The van der Waals surface area contributed by atoms with E-state index in [1.807, 2.05) is 33.3 Å². The van der Waals surface area contributed by atoms with Gasteiger partial charge in [-0.25, -0.2) is 4.57 Å². The molecule has 2 N–H and O–H groups in total. The number of unbranched alkanes of at least 4 members (excludes halogenated alkanes) is 40. The summed E-state index contributed by atoms with van der Waals surface area (Å²) in [4.78, 5) is 37.8. The number of carbonyl (C=O) groups is 2. The maximum atomic E-state index is 13.6. The molecule has 76 heavy (non-hydrogen) atoms. The van der Waals surface area contributed by atoms with Crippen molar-refractivity contribution < 1.29 is 37.3 Å². The molecule has 448 valence electrons. The van der Waals surface area contributed by atoms with Gasteiger partial charge in [-0.3, -0.25) is 18.6 Å². The predicted molar refractivity (Wildman–Crippen MR) is 328 cm³/mol. The van der Waals surface area contributed by atoms with Crippen LogP contribution in [0, 0.1) is 0 Å². The summed E-state index contributed by atoms with van der Waals surface area (Å²) in [6.07, 6.45) is 68.5. The average Bonchev–Trinajstić information content (AvgIpc) is 3.38. The third-order valence-corrected chi connectivity index (χ3v) is 15.8. The molecule has 0 aromatic carbocycles. The molecule has 0 fully saturated rings. The van der Waals surface area contributed by atoms with Crippen molar-refractivity contribution >= 4 is 19.7 Å². The summed E-state index contributed by atoms with van der Waals surface area (Å²) in [6, 6.07) is -0.847. The zero-order valence-electron chi connectivity index (χ0n) is 51.3. The number of phosphoric ester groups is 1. The molecule has 1 amide bonds. The summed E-state index contributed by atoms with van der Waals surface area (Å²) in [6.45, 7) is 7.04.